The SMILES string of the molecule is CC1(C)OB(C(Br)C[Si](C)(C)C)OC1(C)C. The molecule has 0 spiro atoms. The van der Waals surface area contributed by atoms with E-state index in [4.69, 9.17) is 9.31 Å². The standard InChI is InChI=1S/C11H24BBrO2Si/c1-10(2)11(3,4)15-12(14-10)9(13)8-16(5,6)7/h9H,8H2,1-7H3. The maximum Gasteiger partial charge on any atom is 0.472 e. The molecule has 0 N–H and O–H groups in total. The molecule has 1 fully saturated rings. The molecule has 1 heterocycles. The molecule has 0 aromatic heterocycles. The Hall–Kier alpha value is 0.682. The van der Waals surface area contributed by atoms with Gasteiger partial charge in [-0.15, -0.1) is 0 Å². The predicted octanol–water partition coefficient (Wildman–Crippen LogP) is 3.72. The summed E-state index contributed by atoms with van der Waals surface area (Å²) in [4.78, 5) is 0. The van der Waals surface area contributed by atoms with Gasteiger partial charge in [-0.2, -0.15) is 0 Å². The van der Waals surface area contributed by atoms with Crippen molar-refractivity contribution >= 4 is 31.1 Å². The molecule has 1 saturated heterocycles. The molecule has 5 heteroatoms. The van der Waals surface area contributed by atoms with E-state index in [1.54, 1.807) is 0 Å². The number of hydrogen-bond acceptors (Lipinski definition) is 2. The first-order valence-corrected chi connectivity index (χ1v) is 10.6. The fourth-order valence-corrected chi connectivity index (χ4v) is 6.21. The summed E-state index contributed by atoms with van der Waals surface area (Å²) in [6, 6.07) is 1.17. The third-order valence-corrected chi connectivity index (χ3v) is 6.39. The zero-order chi connectivity index (χ0) is 12.8. The molecule has 1 atom stereocenters. The van der Waals surface area contributed by atoms with Crippen molar-refractivity contribution in [1.82, 2.24) is 0 Å². The van der Waals surface area contributed by atoms with Gasteiger partial charge in [-0.25, -0.2) is 0 Å². The Morgan fingerprint density at radius 2 is 1.44 bits per heavy atom. The first-order valence-electron chi connectivity index (χ1n) is 5.94. The average Bonchev–Trinajstić information content (AvgIpc) is 2.17. The average molecular weight is 307 g/mol. The van der Waals surface area contributed by atoms with Crippen LogP contribution in [0, 0.1) is 0 Å². The quantitative estimate of drug-likeness (QED) is 0.584. The predicted molar refractivity (Wildman–Crippen MR) is 77.0 cm³/mol. The molecular weight excluding hydrogens is 283 g/mol. The van der Waals surface area contributed by atoms with Crippen LogP contribution in [0.25, 0.3) is 0 Å². The lowest BCUT2D eigenvalue weighted by atomic mass is 9.86. The van der Waals surface area contributed by atoms with Crippen LogP contribution in [0.5, 0.6) is 0 Å². The topological polar surface area (TPSA) is 18.5 Å². The maximum atomic E-state index is 6.02. The van der Waals surface area contributed by atoms with Gasteiger partial charge in [0, 0.05) is 12.8 Å². The summed E-state index contributed by atoms with van der Waals surface area (Å²) >= 11 is 3.73. The van der Waals surface area contributed by atoms with Gasteiger partial charge in [-0.3, -0.25) is 0 Å². The zero-order valence-electron chi connectivity index (χ0n) is 11.6. The van der Waals surface area contributed by atoms with Crippen LogP contribution in [0.15, 0.2) is 0 Å². The molecule has 0 aromatic carbocycles. The van der Waals surface area contributed by atoms with Crippen LogP contribution in [-0.4, -0.2) is 31.1 Å². The zero-order valence-corrected chi connectivity index (χ0v) is 14.1. The van der Waals surface area contributed by atoms with Crippen LogP contribution in [0.3, 0.4) is 0 Å². The number of hydrogen-bond donors (Lipinski definition) is 0. The molecule has 16 heavy (non-hydrogen) atoms. The lowest BCUT2D eigenvalue weighted by Crippen LogP contribution is -2.41. The second-order valence-electron chi connectivity index (χ2n) is 6.91. The van der Waals surface area contributed by atoms with E-state index in [0.29, 0.717) is 4.73 Å². The van der Waals surface area contributed by atoms with Gasteiger partial charge in [0.25, 0.3) is 0 Å². The molecule has 0 radical (unpaired) electrons. The molecule has 2 nitrogen and oxygen atoms in total. The fraction of sp³-hybridized carbons (Fsp3) is 1.00. The van der Waals surface area contributed by atoms with Crippen molar-refractivity contribution < 1.29 is 9.31 Å². The summed E-state index contributed by atoms with van der Waals surface area (Å²) in [5.41, 5.74) is -0.438. The number of alkyl halides is 1. The van der Waals surface area contributed by atoms with Crippen molar-refractivity contribution in [3.05, 3.63) is 0 Å². The van der Waals surface area contributed by atoms with Gasteiger partial charge in [0.15, 0.2) is 0 Å². The Balaban J connectivity index is 2.66. The van der Waals surface area contributed by atoms with Crippen molar-refractivity contribution in [2.45, 2.75) is 69.3 Å². The van der Waals surface area contributed by atoms with Crippen LogP contribution >= 0.6 is 15.9 Å². The third-order valence-electron chi connectivity index (χ3n) is 3.37. The second-order valence-corrected chi connectivity index (χ2v) is 13.6. The van der Waals surface area contributed by atoms with E-state index >= 15 is 0 Å². The molecule has 1 aliphatic heterocycles. The highest BCUT2D eigenvalue weighted by Gasteiger charge is 2.53. The van der Waals surface area contributed by atoms with Crippen LogP contribution in [0.4, 0.5) is 0 Å². The van der Waals surface area contributed by atoms with E-state index in [0.717, 1.165) is 0 Å². The van der Waals surface area contributed by atoms with Gasteiger partial charge in [0.1, 0.15) is 0 Å². The van der Waals surface area contributed by atoms with Crippen molar-refractivity contribution in [3.8, 4) is 0 Å². The molecular formula is C11H24BBrO2Si. The normalized spacial score (nSPS) is 25.9. The Morgan fingerprint density at radius 3 is 1.75 bits per heavy atom. The Labute approximate surface area is 110 Å². The smallest absolute Gasteiger partial charge is 0.403 e. The minimum atomic E-state index is -1.09. The number of rotatable bonds is 3. The van der Waals surface area contributed by atoms with Gasteiger partial charge in [0.2, 0.25) is 0 Å². The molecule has 0 saturated carbocycles. The third kappa shape index (κ3) is 3.34. The van der Waals surface area contributed by atoms with Crippen molar-refractivity contribution in [3.63, 3.8) is 0 Å². The first kappa shape index (κ1) is 14.7. The summed E-state index contributed by atoms with van der Waals surface area (Å²) in [5, 5.41) is 0. The van der Waals surface area contributed by atoms with Crippen LogP contribution < -0.4 is 0 Å². The Bertz CT molecular complexity index is 247. The maximum absolute atomic E-state index is 6.02. The summed E-state index contributed by atoms with van der Waals surface area (Å²) in [6.45, 7) is 15.5. The van der Waals surface area contributed by atoms with E-state index < -0.39 is 8.07 Å². The van der Waals surface area contributed by atoms with E-state index in [1.807, 2.05) is 0 Å². The van der Waals surface area contributed by atoms with Crippen LogP contribution in [0.2, 0.25) is 25.7 Å². The molecule has 94 valence electrons. The number of halogens is 1. The molecule has 1 aliphatic rings. The Kier molecular flexibility index (Phi) is 4.06. The molecule has 0 bridgehead atoms. The van der Waals surface area contributed by atoms with Crippen LogP contribution in [-0.2, 0) is 9.31 Å². The van der Waals surface area contributed by atoms with Crippen molar-refractivity contribution in [1.29, 1.82) is 0 Å². The molecule has 0 amide bonds. The molecule has 1 unspecified atom stereocenters. The lowest BCUT2D eigenvalue weighted by molar-refractivity contribution is 0.00578. The van der Waals surface area contributed by atoms with Crippen LogP contribution in [0.1, 0.15) is 27.7 Å². The van der Waals surface area contributed by atoms with Gasteiger partial charge < -0.3 is 9.31 Å². The summed E-state index contributed by atoms with van der Waals surface area (Å²) in [6.07, 6.45) is 0. The van der Waals surface area contributed by atoms with Crippen molar-refractivity contribution in [2.24, 2.45) is 0 Å². The highest BCUT2D eigenvalue weighted by atomic mass is 79.9. The Morgan fingerprint density at radius 1 is 1.06 bits per heavy atom. The molecule has 1 rings (SSSR count). The first-order chi connectivity index (χ1) is 6.95. The summed E-state index contributed by atoms with van der Waals surface area (Å²) < 4.78 is 12.4. The van der Waals surface area contributed by atoms with Crippen molar-refractivity contribution in [2.75, 3.05) is 0 Å². The van der Waals surface area contributed by atoms with Gasteiger partial charge in [-0.1, -0.05) is 35.6 Å². The van der Waals surface area contributed by atoms with Gasteiger partial charge in [0.05, 0.1) is 11.2 Å². The fourth-order valence-electron chi connectivity index (χ4n) is 1.72. The van der Waals surface area contributed by atoms with Gasteiger partial charge >= 0.3 is 7.12 Å². The highest BCUT2D eigenvalue weighted by Crippen LogP contribution is 2.39. The largest absolute Gasteiger partial charge is 0.472 e. The van der Waals surface area contributed by atoms with E-state index in [-0.39, 0.29) is 18.3 Å². The molecule has 0 aromatic rings. The minimum Gasteiger partial charge on any atom is -0.403 e. The van der Waals surface area contributed by atoms with E-state index in [9.17, 15) is 0 Å². The summed E-state index contributed by atoms with van der Waals surface area (Å²) in [7, 11) is -1.20. The summed E-state index contributed by atoms with van der Waals surface area (Å²) in [5.74, 6) is 0. The monoisotopic (exact) mass is 306 g/mol. The molecule has 0 aliphatic carbocycles. The van der Waals surface area contributed by atoms with E-state index in [2.05, 4.69) is 63.3 Å². The second kappa shape index (κ2) is 4.41. The van der Waals surface area contributed by atoms with E-state index in [1.165, 1.54) is 6.04 Å². The minimum absolute atomic E-state index is 0.114. The van der Waals surface area contributed by atoms with Gasteiger partial charge in [-0.05, 0) is 33.7 Å². The lowest BCUT2D eigenvalue weighted by Gasteiger charge is -2.32. The highest BCUT2D eigenvalue weighted by molar-refractivity contribution is 9.10.